The van der Waals surface area contributed by atoms with Gasteiger partial charge in [-0.2, -0.15) is 4.37 Å². The van der Waals surface area contributed by atoms with Crippen LogP contribution < -0.4 is 5.32 Å². The van der Waals surface area contributed by atoms with Crippen LogP contribution in [0.2, 0.25) is 0 Å². The number of aromatic hydroxyl groups is 1. The third kappa shape index (κ3) is 2.92. The van der Waals surface area contributed by atoms with Gasteiger partial charge >= 0.3 is 0 Å². The van der Waals surface area contributed by atoms with Crippen molar-refractivity contribution >= 4 is 16.7 Å². The van der Waals surface area contributed by atoms with Gasteiger partial charge in [0.05, 0.1) is 0 Å². The number of aromatic nitrogens is 2. The molecule has 1 heterocycles. The Hall–Kier alpha value is -1.62. The smallest absolute Gasteiger partial charge is 0.202 e. The molecule has 15 heavy (non-hydrogen) atoms. The van der Waals surface area contributed by atoms with E-state index < -0.39 is 0 Å². The number of benzene rings is 1. The first-order valence-corrected chi connectivity index (χ1v) is 5.40. The van der Waals surface area contributed by atoms with E-state index in [2.05, 4.69) is 14.7 Å². The largest absolute Gasteiger partial charge is 0.508 e. The predicted molar refractivity (Wildman–Crippen MR) is 60.2 cm³/mol. The Morgan fingerprint density at radius 3 is 2.73 bits per heavy atom. The van der Waals surface area contributed by atoms with Crippen LogP contribution in [0.4, 0.5) is 5.13 Å². The van der Waals surface area contributed by atoms with E-state index in [4.69, 9.17) is 5.11 Å². The number of nitrogens with one attached hydrogen (secondary N) is 1. The molecule has 0 saturated carbocycles. The van der Waals surface area contributed by atoms with Crippen LogP contribution in [0.25, 0.3) is 0 Å². The van der Waals surface area contributed by atoms with Crippen molar-refractivity contribution in [2.24, 2.45) is 0 Å². The fourth-order valence-corrected chi connectivity index (χ4v) is 1.68. The lowest BCUT2D eigenvalue weighted by Gasteiger charge is -2.02. The van der Waals surface area contributed by atoms with E-state index in [1.54, 1.807) is 12.1 Å². The van der Waals surface area contributed by atoms with Crippen LogP contribution in [0.3, 0.4) is 0 Å². The number of nitrogens with zero attached hydrogens (tertiary/aromatic N) is 2. The van der Waals surface area contributed by atoms with Crippen molar-refractivity contribution in [3.63, 3.8) is 0 Å². The average Bonchev–Trinajstić information content (AvgIpc) is 2.74. The topological polar surface area (TPSA) is 58.0 Å². The van der Waals surface area contributed by atoms with E-state index in [-0.39, 0.29) is 0 Å². The van der Waals surface area contributed by atoms with Gasteiger partial charge in [-0.25, -0.2) is 4.98 Å². The Balaban J connectivity index is 1.81. The van der Waals surface area contributed by atoms with Crippen LogP contribution in [-0.4, -0.2) is 21.0 Å². The summed E-state index contributed by atoms with van der Waals surface area (Å²) >= 11 is 1.35. The van der Waals surface area contributed by atoms with Crippen LogP contribution in [-0.2, 0) is 6.42 Å². The van der Waals surface area contributed by atoms with Crippen molar-refractivity contribution in [3.8, 4) is 5.75 Å². The molecule has 1 aromatic carbocycles. The molecule has 0 aliphatic carbocycles. The average molecular weight is 221 g/mol. The van der Waals surface area contributed by atoms with Crippen molar-refractivity contribution in [1.29, 1.82) is 0 Å². The van der Waals surface area contributed by atoms with Gasteiger partial charge in [-0.1, -0.05) is 12.1 Å². The molecular weight excluding hydrogens is 210 g/mol. The minimum Gasteiger partial charge on any atom is -0.508 e. The van der Waals surface area contributed by atoms with E-state index in [9.17, 15) is 0 Å². The molecule has 1 aromatic heterocycles. The molecule has 5 heteroatoms. The van der Waals surface area contributed by atoms with E-state index >= 15 is 0 Å². The van der Waals surface area contributed by atoms with Crippen molar-refractivity contribution in [2.75, 3.05) is 11.9 Å². The highest BCUT2D eigenvalue weighted by atomic mass is 32.1. The van der Waals surface area contributed by atoms with E-state index in [1.807, 2.05) is 12.1 Å². The molecule has 2 N–H and O–H groups in total. The normalized spacial score (nSPS) is 10.1. The lowest BCUT2D eigenvalue weighted by molar-refractivity contribution is 0.475. The Kier molecular flexibility index (Phi) is 3.14. The minimum absolute atomic E-state index is 0.302. The van der Waals surface area contributed by atoms with Gasteiger partial charge in [0.1, 0.15) is 12.1 Å². The van der Waals surface area contributed by atoms with Crippen molar-refractivity contribution in [1.82, 2.24) is 9.36 Å². The zero-order chi connectivity index (χ0) is 10.5. The van der Waals surface area contributed by atoms with Crippen LogP contribution in [0.15, 0.2) is 30.6 Å². The first kappa shape index (κ1) is 9.92. The third-order valence-electron chi connectivity index (χ3n) is 1.99. The highest BCUT2D eigenvalue weighted by Crippen LogP contribution is 2.11. The molecule has 0 aliphatic rings. The van der Waals surface area contributed by atoms with Crippen molar-refractivity contribution in [3.05, 3.63) is 36.2 Å². The fraction of sp³-hybridized carbons (Fsp3) is 0.200. The van der Waals surface area contributed by atoms with Crippen molar-refractivity contribution < 1.29 is 5.11 Å². The number of hydrogen-bond donors (Lipinski definition) is 2. The van der Waals surface area contributed by atoms with Gasteiger partial charge in [0.25, 0.3) is 0 Å². The summed E-state index contributed by atoms with van der Waals surface area (Å²) in [5.74, 6) is 0.302. The van der Waals surface area contributed by atoms with Gasteiger partial charge in [0, 0.05) is 18.1 Å². The first-order chi connectivity index (χ1) is 7.34. The van der Waals surface area contributed by atoms with Gasteiger partial charge in [-0.15, -0.1) is 0 Å². The SMILES string of the molecule is Oc1ccc(CCNc2ncns2)cc1. The van der Waals surface area contributed by atoms with Crippen molar-refractivity contribution in [2.45, 2.75) is 6.42 Å². The molecule has 0 radical (unpaired) electrons. The lowest BCUT2D eigenvalue weighted by Crippen LogP contribution is -2.04. The molecule has 2 aromatic rings. The molecule has 0 aliphatic heterocycles. The second-order valence-electron chi connectivity index (χ2n) is 3.09. The van der Waals surface area contributed by atoms with Crippen LogP contribution >= 0.6 is 11.5 Å². The van der Waals surface area contributed by atoms with Crippen LogP contribution in [0, 0.1) is 0 Å². The van der Waals surface area contributed by atoms with Crippen LogP contribution in [0.5, 0.6) is 5.75 Å². The van der Waals surface area contributed by atoms with E-state index in [0.29, 0.717) is 5.75 Å². The van der Waals surface area contributed by atoms with Gasteiger partial charge in [-0.05, 0) is 24.1 Å². The number of rotatable bonds is 4. The second kappa shape index (κ2) is 4.75. The summed E-state index contributed by atoms with van der Waals surface area (Å²) in [7, 11) is 0. The molecule has 0 spiro atoms. The Bertz CT molecular complexity index is 399. The van der Waals surface area contributed by atoms with Gasteiger partial charge < -0.3 is 10.4 Å². The zero-order valence-electron chi connectivity index (χ0n) is 8.05. The van der Waals surface area contributed by atoms with E-state index in [1.165, 1.54) is 23.4 Å². The molecule has 0 amide bonds. The molecule has 4 nitrogen and oxygen atoms in total. The maximum Gasteiger partial charge on any atom is 0.202 e. The first-order valence-electron chi connectivity index (χ1n) is 4.63. The number of phenols is 1. The molecule has 0 atom stereocenters. The summed E-state index contributed by atoms with van der Waals surface area (Å²) in [5.41, 5.74) is 1.19. The standard InChI is InChI=1S/C10H11N3OS/c14-9-3-1-8(2-4-9)5-6-11-10-12-7-13-15-10/h1-4,7,14H,5-6H2,(H,11,12,13). The predicted octanol–water partition coefficient (Wildman–Crippen LogP) is 1.90. The third-order valence-corrected chi connectivity index (χ3v) is 2.61. The summed E-state index contributed by atoms with van der Waals surface area (Å²) in [6.45, 7) is 0.819. The summed E-state index contributed by atoms with van der Waals surface area (Å²) in [5, 5.41) is 13.1. The minimum atomic E-state index is 0.302. The molecule has 2 rings (SSSR count). The molecule has 0 bridgehead atoms. The van der Waals surface area contributed by atoms with E-state index in [0.717, 1.165) is 18.1 Å². The molecular formula is C10H11N3OS. The number of anilines is 1. The summed E-state index contributed by atoms with van der Waals surface area (Å²) in [4.78, 5) is 4.02. The lowest BCUT2D eigenvalue weighted by atomic mass is 10.1. The Morgan fingerprint density at radius 1 is 1.27 bits per heavy atom. The molecule has 0 saturated heterocycles. The Labute approximate surface area is 91.8 Å². The van der Waals surface area contributed by atoms with Gasteiger partial charge in [-0.3, -0.25) is 0 Å². The van der Waals surface area contributed by atoms with Gasteiger partial charge in [0.15, 0.2) is 0 Å². The summed E-state index contributed by atoms with van der Waals surface area (Å²) in [6.07, 6.45) is 2.44. The maximum atomic E-state index is 9.10. The molecule has 0 unspecified atom stereocenters. The Morgan fingerprint density at radius 2 is 2.07 bits per heavy atom. The quantitative estimate of drug-likeness (QED) is 0.828. The monoisotopic (exact) mass is 221 g/mol. The highest BCUT2D eigenvalue weighted by Gasteiger charge is 1.96. The zero-order valence-corrected chi connectivity index (χ0v) is 8.87. The second-order valence-corrected chi connectivity index (χ2v) is 3.87. The molecule has 78 valence electrons. The maximum absolute atomic E-state index is 9.10. The summed E-state index contributed by atoms with van der Waals surface area (Å²) in [6, 6.07) is 7.22. The van der Waals surface area contributed by atoms with Gasteiger partial charge in [0.2, 0.25) is 5.13 Å². The molecule has 0 fully saturated rings. The highest BCUT2D eigenvalue weighted by molar-refractivity contribution is 7.09. The number of phenolic OH excluding ortho intramolecular Hbond substituents is 1. The summed E-state index contributed by atoms with van der Waals surface area (Å²) < 4.78 is 3.89. The fourth-order valence-electron chi connectivity index (χ4n) is 1.23. The number of hydrogen-bond acceptors (Lipinski definition) is 5. The van der Waals surface area contributed by atoms with Crippen LogP contribution in [0.1, 0.15) is 5.56 Å².